The van der Waals surface area contributed by atoms with Gasteiger partial charge >= 0.3 is 12.2 Å². The minimum Gasteiger partial charge on any atom is -0.450 e. The van der Waals surface area contributed by atoms with E-state index in [-0.39, 0.29) is 30.8 Å². The van der Waals surface area contributed by atoms with Crippen molar-refractivity contribution in [2.45, 2.75) is 33.5 Å². The van der Waals surface area contributed by atoms with Gasteiger partial charge in [0.2, 0.25) is 0 Å². The van der Waals surface area contributed by atoms with E-state index in [0.717, 1.165) is 27.8 Å². The molecule has 4 aromatic carbocycles. The molecule has 4 N–H and O–H groups in total. The van der Waals surface area contributed by atoms with Gasteiger partial charge in [-0.3, -0.25) is 20.2 Å². The molecular weight excluding hydrogens is 713 g/mol. The molecule has 14 heteroatoms. The van der Waals surface area contributed by atoms with Gasteiger partial charge in [-0.15, -0.1) is 0 Å². The number of nitrogens with two attached hydrogens (primary N) is 1. The van der Waals surface area contributed by atoms with Crippen LogP contribution in [0.2, 0.25) is 0 Å². The molecule has 14 nitrogen and oxygen atoms in total. The maximum atomic E-state index is 12.2. The second-order valence-corrected chi connectivity index (χ2v) is 12.1. The lowest BCUT2D eigenvalue weighted by molar-refractivity contribution is 0.167. The molecule has 0 atom stereocenters. The molecule has 0 radical (unpaired) electrons. The molecule has 0 aliphatic heterocycles. The second-order valence-electron chi connectivity index (χ2n) is 12.1. The number of hydrogen-bond acceptors (Lipinski definition) is 10. The largest absolute Gasteiger partial charge is 0.450 e. The summed E-state index contributed by atoms with van der Waals surface area (Å²) in [7, 11) is 0. The third-order valence-corrected chi connectivity index (χ3v) is 8.09. The van der Waals surface area contributed by atoms with Crippen molar-refractivity contribution in [2.24, 2.45) is 5.73 Å². The minimum absolute atomic E-state index is 0.203. The number of nitriles is 1. The van der Waals surface area contributed by atoms with Gasteiger partial charge in [-0.1, -0.05) is 60.7 Å². The van der Waals surface area contributed by atoms with Gasteiger partial charge in [0.05, 0.1) is 49.3 Å². The molecule has 0 aliphatic carbocycles. The lowest BCUT2D eigenvalue weighted by Crippen LogP contribution is -2.23. The van der Waals surface area contributed by atoms with E-state index in [1.807, 2.05) is 36.4 Å². The normalized spacial score (nSPS) is 10.3. The number of hydrogen-bond donors (Lipinski definition) is 3. The number of amides is 2. The summed E-state index contributed by atoms with van der Waals surface area (Å²) in [5, 5.41) is 23.1. The number of aromatic nitrogens is 4. The summed E-state index contributed by atoms with van der Waals surface area (Å²) in [6.07, 6.45) is -1.05. The highest BCUT2D eigenvalue weighted by atomic mass is 16.6. The highest BCUT2D eigenvalue weighted by molar-refractivity contribution is 5.85. The van der Waals surface area contributed by atoms with E-state index < -0.39 is 12.2 Å². The van der Waals surface area contributed by atoms with Crippen LogP contribution in [0.5, 0.6) is 0 Å². The van der Waals surface area contributed by atoms with Gasteiger partial charge < -0.3 is 15.2 Å². The van der Waals surface area contributed by atoms with Crippen LogP contribution >= 0.6 is 0 Å². The summed E-state index contributed by atoms with van der Waals surface area (Å²) in [5.74, 6) is 0. The first-order valence-corrected chi connectivity index (χ1v) is 17.7. The highest BCUT2D eigenvalue weighted by Gasteiger charge is 2.09. The molecule has 0 saturated carbocycles. The Morgan fingerprint density at radius 2 is 1.09 bits per heavy atom. The van der Waals surface area contributed by atoms with Gasteiger partial charge in [-0.2, -0.15) is 15.5 Å². The quantitative estimate of drug-likeness (QED) is 0.134. The molecule has 6 aromatic rings. The molecule has 284 valence electrons. The standard InChI is InChI=1S/C21H22N4O3.C21H18N4O3/c2*1-2-28-21(27)23-18-5-3-4-16(12-18)14-25-20(26)11-10-19(24-25)17-8-6-15(13-22)7-9-17/h3-12H,2,13-14,22H2,1H3,(H,23,27);3-12H,2,14H2,1H3,(H,23,27). The minimum atomic E-state index is -0.530. The Morgan fingerprint density at radius 3 is 1.50 bits per heavy atom. The van der Waals surface area contributed by atoms with Crippen LogP contribution in [-0.2, 0) is 29.1 Å². The summed E-state index contributed by atoms with van der Waals surface area (Å²) >= 11 is 0. The number of nitrogens with one attached hydrogen (secondary N) is 2. The zero-order chi connectivity index (χ0) is 39.9. The van der Waals surface area contributed by atoms with Crippen LogP contribution in [0.4, 0.5) is 21.0 Å². The van der Waals surface area contributed by atoms with Crippen LogP contribution < -0.4 is 27.5 Å². The Hall–Kier alpha value is -7.37. The predicted molar refractivity (Wildman–Crippen MR) is 213 cm³/mol. The van der Waals surface area contributed by atoms with Gasteiger partial charge in [0, 0.05) is 41.2 Å². The number of anilines is 2. The first-order chi connectivity index (χ1) is 27.2. The number of ether oxygens (including phenoxy) is 2. The summed E-state index contributed by atoms with van der Waals surface area (Å²) in [4.78, 5) is 47.6. The zero-order valence-corrected chi connectivity index (χ0v) is 30.8. The molecule has 0 fully saturated rings. The second kappa shape index (κ2) is 19.6. The van der Waals surface area contributed by atoms with Crippen LogP contribution in [0, 0.1) is 11.3 Å². The van der Waals surface area contributed by atoms with Crippen LogP contribution in [-0.4, -0.2) is 45.0 Å². The number of nitrogens with zero attached hydrogens (tertiary/aromatic N) is 5. The van der Waals surface area contributed by atoms with Crippen molar-refractivity contribution in [2.75, 3.05) is 23.8 Å². The van der Waals surface area contributed by atoms with E-state index in [1.54, 1.807) is 86.6 Å². The van der Waals surface area contributed by atoms with Gasteiger partial charge in [0.15, 0.2) is 0 Å². The summed E-state index contributed by atoms with van der Waals surface area (Å²) in [6.45, 7) is 5.06. The maximum absolute atomic E-state index is 12.2. The maximum Gasteiger partial charge on any atom is 0.411 e. The van der Waals surface area contributed by atoms with Crippen LogP contribution in [0.25, 0.3) is 22.5 Å². The number of carbonyl (C=O) groups is 2. The third-order valence-electron chi connectivity index (χ3n) is 8.09. The fourth-order valence-corrected chi connectivity index (χ4v) is 5.37. The highest BCUT2D eigenvalue weighted by Crippen LogP contribution is 2.19. The zero-order valence-electron chi connectivity index (χ0n) is 30.8. The first-order valence-electron chi connectivity index (χ1n) is 17.7. The van der Waals surface area contributed by atoms with E-state index in [9.17, 15) is 19.2 Å². The Balaban J connectivity index is 0.000000214. The molecular formula is C42H40N8O6. The molecule has 0 saturated heterocycles. The number of carbonyl (C=O) groups excluding carboxylic acids is 2. The average Bonchev–Trinajstić information content (AvgIpc) is 3.20. The van der Waals surface area contributed by atoms with E-state index in [4.69, 9.17) is 20.5 Å². The van der Waals surface area contributed by atoms with Gasteiger partial charge in [0.25, 0.3) is 11.1 Å². The van der Waals surface area contributed by atoms with Crippen LogP contribution in [0.1, 0.15) is 36.1 Å². The molecule has 0 aliphatic rings. The molecule has 0 unspecified atom stereocenters. The summed E-state index contributed by atoms with van der Waals surface area (Å²) in [5.41, 5.74) is 12.6. The van der Waals surface area contributed by atoms with Crippen LogP contribution in [0.15, 0.2) is 131 Å². The Morgan fingerprint density at radius 1 is 0.643 bits per heavy atom. The monoisotopic (exact) mass is 752 g/mol. The number of benzene rings is 4. The summed E-state index contributed by atoms with van der Waals surface area (Å²) < 4.78 is 12.5. The van der Waals surface area contributed by atoms with E-state index in [0.29, 0.717) is 41.5 Å². The van der Waals surface area contributed by atoms with E-state index in [2.05, 4.69) is 26.9 Å². The van der Waals surface area contributed by atoms with Crippen molar-refractivity contribution >= 4 is 23.6 Å². The number of rotatable bonds is 11. The van der Waals surface area contributed by atoms with Crippen LogP contribution in [0.3, 0.4) is 0 Å². The fraction of sp³-hybridized carbons (Fsp3) is 0.167. The van der Waals surface area contributed by atoms with E-state index in [1.165, 1.54) is 21.5 Å². The molecule has 2 heterocycles. The summed E-state index contributed by atoms with van der Waals surface area (Å²) in [6, 6.07) is 37.5. The van der Waals surface area contributed by atoms with Gasteiger partial charge in [0.1, 0.15) is 0 Å². The third kappa shape index (κ3) is 11.3. The topological polar surface area (TPSA) is 196 Å². The molecule has 6 rings (SSSR count). The van der Waals surface area contributed by atoms with Crippen molar-refractivity contribution in [1.29, 1.82) is 5.26 Å². The Labute approximate surface area is 322 Å². The van der Waals surface area contributed by atoms with Crippen molar-refractivity contribution in [3.05, 3.63) is 164 Å². The van der Waals surface area contributed by atoms with Crippen molar-refractivity contribution in [3.8, 4) is 28.6 Å². The van der Waals surface area contributed by atoms with Crippen molar-refractivity contribution in [1.82, 2.24) is 19.6 Å². The lowest BCUT2D eigenvalue weighted by Gasteiger charge is -2.10. The average molecular weight is 753 g/mol. The molecule has 56 heavy (non-hydrogen) atoms. The molecule has 2 aromatic heterocycles. The van der Waals surface area contributed by atoms with E-state index >= 15 is 0 Å². The van der Waals surface area contributed by atoms with Gasteiger partial charge in [-0.25, -0.2) is 19.0 Å². The SMILES string of the molecule is CCOC(=O)Nc1cccc(Cn2nc(-c3ccc(C#N)cc3)ccc2=O)c1.CCOC(=O)Nc1cccc(Cn2nc(-c3ccc(CN)cc3)ccc2=O)c1. The molecule has 0 spiro atoms. The Kier molecular flexibility index (Phi) is 14.0. The van der Waals surface area contributed by atoms with Crippen molar-refractivity contribution in [3.63, 3.8) is 0 Å². The fourth-order valence-electron chi connectivity index (χ4n) is 5.37. The lowest BCUT2D eigenvalue weighted by atomic mass is 10.1. The van der Waals surface area contributed by atoms with Crippen molar-refractivity contribution < 1.29 is 19.1 Å². The predicted octanol–water partition coefficient (Wildman–Crippen LogP) is 6.38. The molecule has 0 bridgehead atoms. The van der Waals surface area contributed by atoms with Gasteiger partial charge in [-0.05, 0) is 79.1 Å². The Bertz CT molecular complexity index is 2440. The first kappa shape index (κ1) is 39.8. The molecule has 2 amide bonds. The smallest absolute Gasteiger partial charge is 0.411 e.